The Kier molecular flexibility index (Phi) is 10.3. The van der Waals surface area contributed by atoms with Crippen molar-refractivity contribution in [3.8, 4) is 0 Å². The molecule has 0 aromatic rings. The number of esters is 1. The molecule has 0 rings (SSSR count). The largest absolute Gasteiger partial charge is 0.480 e. The Morgan fingerprint density at radius 1 is 0.958 bits per heavy atom. The topological polar surface area (TPSA) is 63.6 Å². The molecule has 0 spiro atoms. The Labute approximate surface area is 148 Å². The van der Waals surface area contributed by atoms with Gasteiger partial charge in [0.25, 0.3) is 0 Å². The van der Waals surface area contributed by atoms with E-state index in [1.54, 1.807) is 13.8 Å². The van der Waals surface area contributed by atoms with E-state index >= 15 is 0 Å². The first kappa shape index (κ1) is 22.9. The smallest absolute Gasteiger partial charge is 0.324 e. The molecule has 0 aliphatic carbocycles. The van der Waals surface area contributed by atoms with Crippen molar-refractivity contribution in [2.75, 3.05) is 0 Å². The van der Waals surface area contributed by atoms with Gasteiger partial charge in [-0.05, 0) is 49.9 Å². The minimum absolute atomic E-state index is 0.187. The van der Waals surface area contributed by atoms with Gasteiger partial charge in [-0.15, -0.1) is 0 Å². The summed E-state index contributed by atoms with van der Waals surface area (Å²) in [5, 5.41) is 9.81. The van der Waals surface area contributed by atoms with Crippen molar-refractivity contribution in [3.05, 3.63) is 0 Å². The van der Waals surface area contributed by atoms with Crippen LogP contribution in [0.3, 0.4) is 0 Å². The number of aliphatic carboxylic acids is 1. The summed E-state index contributed by atoms with van der Waals surface area (Å²) in [6.07, 6.45) is 4.46. The van der Waals surface area contributed by atoms with Gasteiger partial charge in [0.15, 0.2) is 5.41 Å². The van der Waals surface area contributed by atoms with Crippen molar-refractivity contribution in [2.24, 2.45) is 23.2 Å². The number of carbonyl (C=O) groups excluding carboxylic acids is 1. The molecule has 0 aliphatic rings. The van der Waals surface area contributed by atoms with Gasteiger partial charge in [0, 0.05) is 0 Å². The van der Waals surface area contributed by atoms with Crippen molar-refractivity contribution >= 4 is 11.9 Å². The minimum Gasteiger partial charge on any atom is -0.480 e. The zero-order valence-electron chi connectivity index (χ0n) is 16.7. The Morgan fingerprint density at radius 2 is 1.50 bits per heavy atom. The summed E-state index contributed by atoms with van der Waals surface area (Å²) in [6, 6.07) is 0. The van der Waals surface area contributed by atoms with Gasteiger partial charge in [0.2, 0.25) is 0 Å². The van der Waals surface area contributed by atoms with E-state index in [2.05, 4.69) is 13.8 Å². The summed E-state index contributed by atoms with van der Waals surface area (Å²) in [7, 11) is 0. The highest BCUT2D eigenvalue weighted by atomic mass is 16.5. The van der Waals surface area contributed by atoms with Crippen LogP contribution in [0.15, 0.2) is 0 Å². The van der Waals surface area contributed by atoms with Crippen LogP contribution >= 0.6 is 0 Å². The average Bonchev–Trinajstić information content (AvgIpc) is 2.45. The quantitative estimate of drug-likeness (QED) is 0.386. The van der Waals surface area contributed by atoms with Crippen molar-refractivity contribution in [3.63, 3.8) is 0 Å². The van der Waals surface area contributed by atoms with Crippen LogP contribution in [0, 0.1) is 23.2 Å². The Bertz CT molecular complexity index is 387. The molecule has 1 N–H and O–H groups in total. The van der Waals surface area contributed by atoms with Crippen LogP contribution in [0.5, 0.6) is 0 Å². The number of hydrogen-bond donors (Lipinski definition) is 1. The first-order valence-electron chi connectivity index (χ1n) is 9.52. The molecule has 142 valence electrons. The molecule has 4 heteroatoms. The fourth-order valence-corrected chi connectivity index (χ4v) is 2.94. The highest BCUT2D eigenvalue weighted by Crippen LogP contribution is 2.37. The molecule has 0 bridgehead atoms. The number of hydrogen-bond acceptors (Lipinski definition) is 3. The van der Waals surface area contributed by atoms with E-state index in [-0.39, 0.29) is 12.0 Å². The lowest BCUT2D eigenvalue weighted by Crippen LogP contribution is -2.46. The summed E-state index contributed by atoms with van der Waals surface area (Å²) < 4.78 is 5.68. The first-order valence-corrected chi connectivity index (χ1v) is 9.52. The van der Waals surface area contributed by atoms with Gasteiger partial charge in [0.1, 0.15) is 6.10 Å². The molecule has 0 aromatic carbocycles. The molecule has 0 amide bonds. The molecule has 4 nitrogen and oxygen atoms in total. The number of carboxylic acid groups (broad SMARTS) is 1. The average molecular weight is 343 g/mol. The molecule has 0 aliphatic heterocycles. The first-order chi connectivity index (χ1) is 11.1. The van der Waals surface area contributed by atoms with Crippen LogP contribution in [0.25, 0.3) is 0 Å². The molecular formula is C20H38O4. The van der Waals surface area contributed by atoms with Crippen molar-refractivity contribution in [2.45, 2.75) is 93.1 Å². The molecule has 0 aromatic heterocycles. The third kappa shape index (κ3) is 6.82. The van der Waals surface area contributed by atoms with E-state index in [0.717, 1.165) is 25.7 Å². The van der Waals surface area contributed by atoms with Crippen LogP contribution in [-0.2, 0) is 14.3 Å². The summed E-state index contributed by atoms with van der Waals surface area (Å²) in [5.41, 5.74) is -1.43. The second-order valence-corrected chi connectivity index (χ2v) is 8.12. The molecule has 2 unspecified atom stereocenters. The Balaban J connectivity index is 5.11. The monoisotopic (exact) mass is 342 g/mol. The van der Waals surface area contributed by atoms with Gasteiger partial charge < -0.3 is 9.84 Å². The van der Waals surface area contributed by atoms with E-state index < -0.39 is 17.4 Å². The maximum atomic E-state index is 12.8. The lowest BCUT2D eigenvalue weighted by molar-refractivity contribution is -0.177. The van der Waals surface area contributed by atoms with Crippen molar-refractivity contribution in [1.82, 2.24) is 0 Å². The normalized spacial score (nSPS) is 15.6. The number of ether oxygens (including phenoxy) is 1. The number of carbonyl (C=O) groups is 2. The second-order valence-electron chi connectivity index (χ2n) is 8.12. The van der Waals surface area contributed by atoms with Gasteiger partial charge in [-0.3, -0.25) is 9.59 Å². The van der Waals surface area contributed by atoms with E-state index in [1.807, 2.05) is 20.8 Å². The summed E-state index contributed by atoms with van der Waals surface area (Å²) in [6.45, 7) is 14.0. The molecule has 0 radical (unpaired) electrons. The number of carboxylic acids is 1. The predicted molar refractivity (Wildman–Crippen MR) is 97.8 cm³/mol. The predicted octanol–water partition coefficient (Wildman–Crippen LogP) is 5.30. The van der Waals surface area contributed by atoms with Gasteiger partial charge in [-0.1, -0.05) is 54.9 Å². The molecule has 0 saturated heterocycles. The van der Waals surface area contributed by atoms with Crippen molar-refractivity contribution in [1.29, 1.82) is 0 Å². The van der Waals surface area contributed by atoms with Gasteiger partial charge in [0.05, 0.1) is 0 Å². The zero-order valence-corrected chi connectivity index (χ0v) is 16.7. The molecule has 0 heterocycles. The number of rotatable bonds is 12. The Hall–Kier alpha value is -1.06. The molecular weight excluding hydrogens is 304 g/mol. The Morgan fingerprint density at radius 3 is 1.88 bits per heavy atom. The maximum Gasteiger partial charge on any atom is 0.324 e. The van der Waals surface area contributed by atoms with Gasteiger partial charge in [-0.2, -0.15) is 0 Å². The summed E-state index contributed by atoms with van der Waals surface area (Å²) >= 11 is 0. The van der Waals surface area contributed by atoms with E-state index in [4.69, 9.17) is 4.74 Å². The second kappa shape index (κ2) is 10.7. The lowest BCUT2D eigenvalue weighted by Gasteiger charge is -2.33. The third-order valence-corrected chi connectivity index (χ3v) is 4.88. The lowest BCUT2D eigenvalue weighted by atomic mass is 9.72. The zero-order chi connectivity index (χ0) is 18.9. The van der Waals surface area contributed by atoms with E-state index in [1.165, 1.54) is 0 Å². The fraction of sp³-hybridized carbons (Fsp3) is 0.900. The maximum absolute atomic E-state index is 12.8. The molecule has 0 saturated carbocycles. The van der Waals surface area contributed by atoms with E-state index in [0.29, 0.717) is 24.7 Å². The van der Waals surface area contributed by atoms with Crippen LogP contribution < -0.4 is 0 Å². The third-order valence-electron chi connectivity index (χ3n) is 4.88. The SMILES string of the molecule is CCC(CCCC(C)C)OC(=O)C(CCC(C)C)(C(=O)O)C(C)C. The minimum atomic E-state index is -1.43. The highest BCUT2D eigenvalue weighted by Gasteiger charge is 2.50. The van der Waals surface area contributed by atoms with E-state index in [9.17, 15) is 14.7 Å². The van der Waals surface area contributed by atoms with Crippen molar-refractivity contribution < 1.29 is 19.4 Å². The standard InChI is InChI=1S/C20H38O4/c1-8-17(11-9-10-14(2)3)24-19(23)20(16(6)7,18(21)22)13-12-15(4)5/h14-17H,8-13H2,1-7H3,(H,21,22). The molecule has 2 atom stereocenters. The van der Waals surface area contributed by atoms with Gasteiger partial charge in [-0.25, -0.2) is 0 Å². The van der Waals surface area contributed by atoms with Crippen LogP contribution in [0.4, 0.5) is 0 Å². The van der Waals surface area contributed by atoms with Crippen LogP contribution in [0.2, 0.25) is 0 Å². The van der Waals surface area contributed by atoms with Crippen LogP contribution in [0.1, 0.15) is 87.0 Å². The molecule has 0 fully saturated rings. The fourth-order valence-electron chi connectivity index (χ4n) is 2.94. The molecule has 24 heavy (non-hydrogen) atoms. The summed E-state index contributed by atoms with van der Waals surface area (Å²) in [5.74, 6) is -0.932. The van der Waals surface area contributed by atoms with Gasteiger partial charge >= 0.3 is 11.9 Å². The van der Waals surface area contributed by atoms with Crippen LogP contribution in [-0.4, -0.2) is 23.1 Å². The highest BCUT2D eigenvalue weighted by molar-refractivity contribution is 5.99. The summed E-state index contributed by atoms with van der Waals surface area (Å²) in [4.78, 5) is 24.8.